The summed E-state index contributed by atoms with van der Waals surface area (Å²) in [4.78, 5) is 40.2. The van der Waals surface area contributed by atoms with E-state index in [-0.39, 0.29) is 35.1 Å². The molecule has 0 atom stereocenters. The Kier molecular flexibility index (Phi) is 8.78. The van der Waals surface area contributed by atoms with Crippen molar-refractivity contribution in [3.63, 3.8) is 0 Å². The minimum absolute atomic E-state index is 0.0526. The van der Waals surface area contributed by atoms with Gasteiger partial charge in [-0.2, -0.15) is 4.99 Å². The number of amidine groups is 1. The van der Waals surface area contributed by atoms with Gasteiger partial charge in [0, 0.05) is 5.56 Å². The number of urea groups is 1. The zero-order chi connectivity index (χ0) is 30.6. The Hall–Kier alpha value is -4.69. The number of hydrogen-bond acceptors (Lipinski definition) is 7. The SMILES string of the molecule is CC(C)c1ccccc1N1C(=O)CS/C1=N\C(=O)NOCc1ccc(-c2ncn(-c3ccc(OC(F)(F)F)cc3)n2)cc1. The van der Waals surface area contributed by atoms with Gasteiger partial charge in [0.25, 0.3) is 0 Å². The lowest BCUT2D eigenvalue weighted by Crippen LogP contribution is -2.32. The second kappa shape index (κ2) is 12.7. The van der Waals surface area contributed by atoms with Crippen LogP contribution < -0.4 is 15.1 Å². The third-order valence-electron chi connectivity index (χ3n) is 6.20. The van der Waals surface area contributed by atoms with Crippen LogP contribution in [0.15, 0.2) is 84.1 Å². The number of hydroxylamine groups is 1. The fraction of sp³-hybridized carbons (Fsp3) is 0.207. The van der Waals surface area contributed by atoms with Crippen LogP contribution in [-0.4, -0.2) is 44.0 Å². The van der Waals surface area contributed by atoms with Gasteiger partial charge in [0.1, 0.15) is 12.1 Å². The first-order valence-corrected chi connectivity index (χ1v) is 14.0. The van der Waals surface area contributed by atoms with Crippen LogP contribution in [0.4, 0.5) is 23.7 Å². The van der Waals surface area contributed by atoms with Gasteiger partial charge in [-0.15, -0.1) is 18.3 Å². The number of hydrogen-bond donors (Lipinski definition) is 1. The van der Waals surface area contributed by atoms with Crippen molar-refractivity contribution < 1.29 is 32.3 Å². The molecule has 1 saturated heterocycles. The van der Waals surface area contributed by atoms with Crippen molar-refractivity contribution >= 4 is 34.6 Å². The highest BCUT2D eigenvalue weighted by Crippen LogP contribution is 2.33. The van der Waals surface area contributed by atoms with Crippen molar-refractivity contribution in [1.82, 2.24) is 20.2 Å². The maximum Gasteiger partial charge on any atom is 0.573 e. The first-order valence-electron chi connectivity index (χ1n) is 13.0. The van der Waals surface area contributed by atoms with E-state index in [2.05, 4.69) is 25.3 Å². The van der Waals surface area contributed by atoms with Crippen LogP contribution in [0, 0.1) is 0 Å². The van der Waals surface area contributed by atoms with E-state index in [1.807, 2.05) is 38.1 Å². The van der Waals surface area contributed by atoms with Gasteiger partial charge in [0.05, 0.1) is 23.7 Å². The van der Waals surface area contributed by atoms with E-state index < -0.39 is 12.4 Å². The Bertz CT molecular complexity index is 1640. The van der Waals surface area contributed by atoms with Gasteiger partial charge >= 0.3 is 12.4 Å². The van der Waals surface area contributed by atoms with Gasteiger partial charge in [-0.3, -0.25) is 14.5 Å². The topological polar surface area (TPSA) is 111 Å². The van der Waals surface area contributed by atoms with Gasteiger partial charge in [0.15, 0.2) is 11.0 Å². The number of benzene rings is 3. The van der Waals surface area contributed by atoms with Crippen molar-refractivity contribution in [3.8, 4) is 22.8 Å². The van der Waals surface area contributed by atoms with Crippen LogP contribution in [0.25, 0.3) is 17.1 Å². The number of alkyl halides is 3. The number of carbonyl (C=O) groups excluding carboxylic acids is 2. The maximum absolute atomic E-state index is 12.6. The Morgan fingerprint density at radius 3 is 2.49 bits per heavy atom. The summed E-state index contributed by atoms with van der Waals surface area (Å²) in [5, 5.41) is 4.66. The van der Waals surface area contributed by atoms with Crippen LogP contribution in [0.2, 0.25) is 0 Å². The minimum atomic E-state index is -4.77. The zero-order valence-electron chi connectivity index (χ0n) is 22.9. The highest BCUT2D eigenvalue weighted by atomic mass is 32.2. The molecule has 0 aliphatic carbocycles. The lowest BCUT2D eigenvalue weighted by molar-refractivity contribution is -0.274. The number of halogens is 3. The summed E-state index contributed by atoms with van der Waals surface area (Å²) < 4.78 is 42.5. The van der Waals surface area contributed by atoms with Crippen molar-refractivity contribution in [2.45, 2.75) is 32.7 Å². The third kappa shape index (κ3) is 7.40. The highest BCUT2D eigenvalue weighted by molar-refractivity contribution is 8.15. The summed E-state index contributed by atoms with van der Waals surface area (Å²) in [6.45, 7) is 4.11. The standard InChI is InChI=1S/C29H25F3N6O4S/c1-18(2)23-5-3-4-6-24(23)38-25(39)16-43-28(38)34-27(40)36-41-15-19-7-9-20(10-8-19)26-33-17-37(35-26)21-11-13-22(14-12-21)42-29(30,31)32/h3-14,17-18H,15-16H2,1-2H3,(H,36,40)/b34-28-. The smallest absolute Gasteiger partial charge is 0.406 e. The average molecular weight is 611 g/mol. The van der Waals surface area contributed by atoms with Crippen molar-refractivity contribution in [3.05, 3.63) is 90.3 Å². The number of carbonyl (C=O) groups is 2. The summed E-state index contributed by atoms with van der Waals surface area (Å²) in [5.74, 6) is 0.272. The molecule has 14 heteroatoms. The number of ether oxygens (including phenoxy) is 1. The fourth-order valence-electron chi connectivity index (χ4n) is 4.22. The molecular formula is C29H25F3N6O4S. The number of rotatable bonds is 8. The molecule has 3 aromatic carbocycles. The Labute approximate surface area is 248 Å². The largest absolute Gasteiger partial charge is 0.573 e. The zero-order valence-corrected chi connectivity index (χ0v) is 23.7. The minimum Gasteiger partial charge on any atom is -0.406 e. The molecule has 0 saturated carbocycles. The van der Waals surface area contributed by atoms with Crippen molar-refractivity contribution in [2.75, 3.05) is 10.7 Å². The molecule has 1 aromatic heterocycles. The van der Waals surface area contributed by atoms with E-state index in [0.29, 0.717) is 22.8 Å². The molecule has 4 aromatic rings. The molecule has 3 amide bonds. The van der Waals surface area contributed by atoms with E-state index >= 15 is 0 Å². The molecule has 1 aliphatic rings. The Balaban J connectivity index is 1.16. The number of para-hydroxylation sites is 1. The third-order valence-corrected chi connectivity index (χ3v) is 7.12. The van der Waals surface area contributed by atoms with E-state index in [4.69, 9.17) is 4.84 Å². The van der Waals surface area contributed by atoms with Crippen LogP contribution >= 0.6 is 11.8 Å². The summed E-state index contributed by atoms with van der Waals surface area (Å²) in [6, 6.07) is 19.1. The molecule has 1 aliphatic heterocycles. The van der Waals surface area contributed by atoms with Crippen molar-refractivity contribution in [1.29, 1.82) is 0 Å². The van der Waals surface area contributed by atoms with E-state index in [9.17, 15) is 22.8 Å². The van der Waals surface area contributed by atoms with E-state index in [1.54, 1.807) is 24.3 Å². The first kappa shape index (κ1) is 29.8. The molecule has 2 heterocycles. The van der Waals surface area contributed by atoms with Crippen LogP contribution in [0.3, 0.4) is 0 Å². The second-order valence-corrected chi connectivity index (χ2v) is 10.5. The Morgan fingerprint density at radius 1 is 1.07 bits per heavy atom. The maximum atomic E-state index is 12.6. The molecule has 222 valence electrons. The van der Waals surface area contributed by atoms with Gasteiger partial charge in [-0.1, -0.05) is 68.1 Å². The molecule has 0 unspecified atom stereocenters. The Morgan fingerprint density at radius 2 is 1.79 bits per heavy atom. The number of anilines is 1. The van der Waals surface area contributed by atoms with E-state index in [0.717, 1.165) is 11.1 Å². The number of nitrogens with zero attached hydrogens (tertiary/aromatic N) is 5. The fourth-order valence-corrected chi connectivity index (χ4v) is 5.08. The quantitative estimate of drug-likeness (QED) is 0.235. The first-order chi connectivity index (χ1) is 20.6. The van der Waals surface area contributed by atoms with Crippen LogP contribution in [-0.2, 0) is 16.2 Å². The van der Waals surface area contributed by atoms with Gasteiger partial charge in [-0.05, 0) is 47.4 Å². The van der Waals surface area contributed by atoms with Crippen LogP contribution in [0.5, 0.6) is 5.75 Å². The van der Waals surface area contributed by atoms with Crippen molar-refractivity contribution in [2.24, 2.45) is 4.99 Å². The van der Waals surface area contributed by atoms with Crippen LogP contribution in [0.1, 0.15) is 30.9 Å². The molecule has 0 bridgehead atoms. The predicted octanol–water partition coefficient (Wildman–Crippen LogP) is 6.23. The molecular weight excluding hydrogens is 585 g/mol. The summed E-state index contributed by atoms with van der Waals surface area (Å²) in [5.41, 5.74) is 5.91. The normalized spacial score (nSPS) is 14.5. The van der Waals surface area contributed by atoms with Gasteiger partial charge < -0.3 is 4.74 Å². The number of aliphatic imine (C=N–C) groups is 1. The number of thioether (sulfide) groups is 1. The van der Waals surface area contributed by atoms with E-state index in [1.165, 1.54) is 51.9 Å². The van der Waals surface area contributed by atoms with Gasteiger partial charge in [0.2, 0.25) is 5.91 Å². The number of aromatic nitrogens is 3. The second-order valence-electron chi connectivity index (χ2n) is 9.57. The highest BCUT2D eigenvalue weighted by Gasteiger charge is 2.32. The molecule has 10 nitrogen and oxygen atoms in total. The molecule has 5 rings (SSSR count). The summed E-state index contributed by atoms with van der Waals surface area (Å²) in [6.07, 6.45) is -3.32. The monoisotopic (exact) mass is 610 g/mol. The number of nitrogens with one attached hydrogen (secondary N) is 1. The average Bonchev–Trinajstić information content (AvgIpc) is 3.60. The van der Waals surface area contributed by atoms with Gasteiger partial charge in [-0.25, -0.2) is 19.9 Å². The number of amides is 3. The lowest BCUT2D eigenvalue weighted by atomic mass is 10.0. The molecule has 0 spiro atoms. The molecule has 1 N–H and O–H groups in total. The summed E-state index contributed by atoms with van der Waals surface area (Å²) >= 11 is 1.18. The predicted molar refractivity (Wildman–Crippen MR) is 155 cm³/mol. The molecule has 43 heavy (non-hydrogen) atoms. The molecule has 1 fully saturated rings. The lowest BCUT2D eigenvalue weighted by Gasteiger charge is -2.21. The summed E-state index contributed by atoms with van der Waals surface area (Å²) in [7, 11) is 0. The molecule has 0 radical (unpaired) electrons.